The molecule has 3 aliphatic rings. The monoisotopic (exact) mass is 462 g/mol. The van der Waals surface area contributed by atoms with Gasteiger partial charge in [0.15, 0.2) is 0 Å². The van der Waals surface area contributed by atoms with Crippen LogP contribution in [-0.2, 0) is 30.0 Å². The number of halogens is 3. The van der Waals surface area contributed by atoms with Crippen LogP contribution in [0.25, 0.3) is 6.08 Å². The van der Waals surface area contributed by atoms with Crippen LogP contribution < -0.4 is 0 Å². The summed E-state index contributed by atoms with van der Waals surface area (Å²) in [4.78, 5) is 24.2. The topological polar surface area (TPSA) is 65.1 Å². The quantitative estimate of drug-likeness (QED) is 0.272. The van der Waals surface area contributed by atoms with Crippen LogP contribution in [0.1, 0.15) is 43.7 Å². The van der Waals surface area contributed by atoms with Gasteiger partial charge in [0.1, 0.15) is 18.8 Å². The molecule has 1 aromatic carbocycles. The number of fused-ring (bicyclic) bond motifs is 3. The number of carbonyl (C=O) groups is 2. The number of carbonyl (C=O) groups excluding carboxylic acids is 2. The predicted octanol–water partition coefficient (Wildman–Crippen LogP) is 5.02. The number of benzene rings is 1. The number of rotatable bonds is 4. The first-order valence-electron chi connectivity index (χ1n) is 10.8. The third kappa shape index (κ3) is 5.21. The van der Waals surface area contributed by atoms with E-state index in [0.717, 1.165) is 30.5 Å². The minimum atomic E-state index is -4.40. The lowest BCUT2D eigenvalue weighted by Gasteiger charge is -2.20. The maximum atomic E-state index is 12.6. The van der Waals surface area contributed by atoms with E-state index in [1.165, 1.54) is 24.3 Å². The molecule has 176 valence electrons. The molecule has 0 amide bonds. The molecule has 33 heavy (non-hydrogen) atoms. The lowest BCUT2D eigenvalue weighted by molar-refractivity contribution is -0.140. The van der Waals surface area contributed by atoms with Gasteiger partial charge in [0.05, 0.1) is 11.2 Å². The number of ether oxygens (including phenoxy) is 3. The highest BCUT2D eigenvalue weighted by Crippen LogP contribution is 2.49. The Morgan fingerprint density at radius 2 is 2.03 bits per heavy atom. The van der Waals surface area contributed by atoms with Crippen molar-refractivity contribution >= 4 is 18.0 Å². The van der Waals surface area contributed by atoms with Gasteiger partial charge in [-0.3, -0.25) is 0 Å². The zero-order valence-electron chi connectivity index (χ0n) is 18.2. The first-order chi connectivity index (χ1) is 15.6. The van der Waals surface area contributed by atoms with Gasteiger partial charge >= 0.3 is 18.1 Å². The zero-order valence-corrected chi connectivity index (χ0v) is 18.2. The first-order valence-corrected chi connectivity index (χ1v) is 10.8. The van der Waals surface area contributed by atoms with Gasteiger partial charge < -0.3 is 14.2 Å². The second-order valence-electron chi connectivity index (χ2n) is 8.85. The van der Waals surface area contributed by atoms with Gasteiger partial charge in [0, 0.05) is 17.6 Å². The molecule has 4 rings (SSSR count). The number of alkyl halides is 3. The fourth-order valence-corrected chi connectivity index (χ4v) is 4.41. The molecule has 2 aliphatic heterocycles. The lowest BCUT2D eigenvalue weighted by Crippen LogP contribution is -2.29. The van der Waals surface area contributed by atoms with Gasteiger partial charge in [-0.05, 0) is 62.0 Å². The van der Waals surface area contributed by atoms with Crippen LogP contribution in [0.3, 0.4) is 0 Å². The highest BCUT2D eigenvalue weighted by atomic mass is 19.4. The molecule has 2 heterocycles. The minimum Gasteiger partial charge on any atom is -0.458 e. The van der Waals surface area contributed by atoms with Crippen LogP contribution in [0.15, 0.2) is 54.1 Å². The number of allylic oxidation sites excluding steroid dienone is 1. The van der Waals surface area contributed by atoms with Crippen molar-refractivity contribution in [3.05, 3.63) is 65.3 Å². The van der Waals surface area contributed by atoms with E-state index < -0.39 is 17.7 Å². The molecule has 0 saturated carbocycles. The summed E-state index contributed by atoms with van der Waals surface area (Å²) in [7, 11) is 0. The van der Waals surface area contributed by atoms with E-state index in [0.29, 0.717) is 24.0 Å². The Morgan fingerprint density at radius 3 is 2.73 bits per heavy atom. The van der Waals surface area contributed by atoms with E-state index >= 15 is 0 Å². The predicted molar refractivity (Wildman–Crippen MR) is 114 cm³/mol. The molecule has 4 atom stereocenters. The molecule has 2 fully saturated rings. The average molecular weight is 462 g/mol. The molecule has 0 aromatic heterocycles. The molecule has 0 unspecified atom stereocenters. The Labute approximate surface area is 189 Å². The number of epoxide rings is 1. The standard InChI is InChI=1S/C25H25F3O5/c1-15-19-11-7-17(4-3-13-24(2)22(33-24)21(19)32-23(15)30)14-31-20(29)12-8-16-5-9-18(10-6-16)25(26,27)28/h4-6,8-10,12,19,21-22H,1,3,7,11,13-14H2,2H3/b12-8+,17-4+/t19-,21-,22-,24+/m0/s1. The molecule has 1 aliphatic carbocycles. The molecular weight excluding hydrogens is 437 g/mol. The summed E-state index contributed by atoms with van der Waals surface area (Å²) in [6.07, 6.45) is 2.55. The van der Waals surface area contributed by atoms with Crippen LogP contribution in [-0.4, -0.2) is 36.4 Å². The fourth-order valence-electron chi connectivity index (χ4n) is 4.41. The number of hydrogen-bond acceptors (Lipinski definition) is 5. The Balaban J connectivity index is 1.35. The molecule has 5 nitrogen and oxygen atoms in total. The summed E-state index contributed by atoms with van der Waals surface area (Å²) in [6, 6.07) is 4.50. The smallest absolute Gasteiger partial charge is 0.416 e. The Bertz CT molecular complexity index is 1010. The van der Waals surface area contributed by atoms with Crippen LogP contribution in [0.4, 0.5) is 13.2 Å². The zero-order chi connectivity index (χ0) is 23.8. The van der Waals surface area contributed by atoms with E-state index in [2.05, 4.69) is 6.58 Å². The van der Waals surface area contributed by atoms with Gasteiger partial charge in [-0.2, -0.15) is 13.2 Å². The molecule has 8 heteroatoms. The number of hydrogen-bond donors (Lipinski definition) is 0. The lowest BCUT2D eigenvalue weighted by atomic mass is 9.84. The highest BCUT2D eigenvalue weighted by molar-refractivity contribution is 5.91. The third-order valence-corrected chi connectivity index (χ3v) is 6.49. The Hall–Kier alpha value is -2.87. The summed E-state index contributed by atoms with van der Waals surface area (Å²) in [5.41, 5.74) is 0.754. The summed E-state index contributed by atoms with van der Waals surface area (Å²) >= 11 is 0. The number of esters is 2. The van der Waals surface area contributed by atoms with Crippen molar-refractivity contribution in [2.75, 3.05) is 6.61 Å². The van der Waals surface area contributed by atoms with E-state index in [9.17, 15) is 22.8 Å². The van der Waals surface area contributed by atoms with Crippen LogP contribution in [0.5, 0.6) is 0 Å². The van der Waals surface area contributed by atoms with Crippen LogP contribution in [0.2, 0.25) is 0 Å². The van der Waals surface area contributed by atoms with Gasteiger partial charge in [0.2, 0.25) is 0 Å². The normalized spacial score (nSPS) is 31.3. The molecule has 1 aromatic rings. The van der Waals surface area contributed by atoms with E-state index in [4.69, 9.17) is 14.2 Å². The summed E-state index contributed by atoms with van der Waals surface area (Å²) in [5.74, 6) is -1.11. The minimum absolute atomic E-state index is 0.0931. The van der Waals surface area contributed by atoms with Gasteiger partial charge in [-0.1, -0.05) is 24.8 Å². The molecule has 0 spiro atoms. The molecular formula is C25H25F3O5. The maximum Gasteiger partial charge on any atom is 0.416 e. The molecule has 0 N–H and O–H groups in total. The Kier molecular flexibility index (Phi) is 6.22. The summed E-state index contributed by atoms with van der Waals surface area (Å²) < 4.78 is 54.7. The van der Waals surface area contributed by atoms with E-state index in [1.54, 1.807) is 0 Å². The van der Waals surface area contributed by atoms with Crippen molar-refractivity contribution < 1.29 is 37.0 Å². The van der Waals surface area contributed by atoms with Crippen molar-refractivity contribution in [1.29, 1.82) is 0 Å². The van der Waals surface area contributed by atoms with Crippen molar-refractivity contribution in [3.63, 3.8) is 0 Å². The second-order valence-corrected chi connectivity index (χ2v) is 8.85. The Morgan fingerprint density at radius 1 is 1.30 bits per heavy atom. The van der Waals surface area contributed by atoms with Crippen molar-refractivity contribution in [2.24, 2.45) is 5.92 Å². The van der Waals surface area contributed by atoms with Gasteiger partial charge in [0.25, 0.3) is 0 Å². The molecule has 0 radical (unpaired) electrons. The third-order valence-electron chi connectivity index (χ3n) is 6.49. The maximum absolute atomic E-state index is 12.6. The van der Waals surface area contributed by atoms with Gasteiger partial charge in [-0.15, -0.1) is 0 Å². The van der Waals surface area contributed by atoms with Crippen molar-refractivity contribution in [1.82, 2.24) is 0 Å². The summed E-state index contributed by atoms with van der Waals surface area (Å²) in [5, 5.41) is 0. The summed E-state index contributed by atoms with van der Waals surface area (Å²) in [6.45, 7) is 5.98. The van der Waals surface area contributed by atoms with Crippen molar-refractivity contribution in [2.45, 2.75) is 56.6 Å². The average Bonchev–Trinajstić information content (AvgIpc) is 3.35. The SMILES string of the molecule is C=C1C(=O)O[C@H]2[C@H]1CC/C(COC(=O)/C=C/c1ccc(C(F)(F)F)cc1)=C\CC[C@@]1(C)O[C@@H]21. The fraction of sp³-hybridized carbons (Fsp3) is 0.440. The molecule has 0 bridgehead atoms. The van der Waals surface area contributed by atoms with Crippen molar-refractivity contribution in [3.8, 4) is 0 Å². The molecule has 2 saturated heterocycles. The second kappa shape index (κ2) is 8.82. The van der Waals surface area contributed by atoms with E-state index in [-0.39, 0.29) is 36.3 Å². The van der Waals surface area contributed by atoms with Gasteiger partial charge in [-0.25, -0.2) is 9.59 Å². The van der Waals surface area contributed by atoms with Crippen LogP contribution >= 0.6 is 0 Å². The first kappa shape index (κ1) is 23.3. The largest absolute Gasteiger partial charge is 0.458 e. The highest BCUT2D eigenvalue weighted by Gasteiger charge is 2.61. The van der Waals surface area contributed by atoms with Crippen LogP contribution in [0, 0.1) is 5.92 Å². The van der Waals surface area contributed by atoms with E-state index in [1.807, 2.05) is 13.0 Å².